The summed E-state index contributed by atoms with van der Waals surface area (Å²) in [5, 5.41) is 5.43. The van der Waals surface area contributed by atoms with Crippen LogP contribution in [0.4, 0.5) is 16.2 Å². The van der Waals surface area contributed by atoms with Gasteiger partial charge in [-0.1, -0.05) is 6.07 Å². The summed E-state index contributed by atoms with van der Waals surface area (Å²) >= 11 is 0. The Hall–Kier alpha value is -3.42. The number of carbonyl (C=O) groups excluding carboxylic acids is 1. The van der Waals surface area contributed by atoms with Crippen LogP contribution in [0.25, 0.3) is 5.95 Å². The van der Waals surface area contributed by atoms with Crippen molar-refractivity contribution in [1.29, 1.82) is 0 Å². The van der Waals surface area contributed by atoms with Gasteiger partial charge in [0.1, 0.15) is 11.6 Å². The molecule has 8 heteroatoms. The second-order valence-corrected chi connectivity index (χ2v) is 5.75. The van der Waals surface area contributed by atoms with Crippen LogP contribution in [0.15, 0.2) is 36.7 Å². The highest BCUT2D eigenvalue weighted by Gasteiger charge is 2.12. The number of carbonyl (C=O) groups is 1. The van der Waals surface area contributed by atoms with Crippen molar-refractivity contribution in [1.82, 2.24) is 19.5 Å². The van der Waals surface area contributed by atoms with E-state index in [2.05, 4.69) is 25.6 Å². The van der Waals surface area contributed by atoms with E-state index in [9.17, 15) is 4.79 Å². The molecule has 0 unspecified atom stereocenters. The highest BCUT2D eigenvalue weighted by atomic mass is 16.5. The maximum Gasteiger partial charge on any atom is 0.323 e. The average Bonchev–Trinajstić information content (AvgIpc) is 2.88. The van der Waals surface area contributed by atoms with Crippen LogP contribution >= 0.6 is 0 Å². The lowest BCUT2D eigenvalue weighted by molar-refractivity contribution is 0.262. The molecule has 3 rings (SSSR count). The van der Waals surface area contributed by atoms with Gasteiger partial charge in [-0.05, 0) is 32.9 Å². The number of urea groups is 1. The van der Waals surface area contributed by atoms with E-state index in [0.29, 0.717) is 23.1 Å². The molecule has 0 fully saturated rings. The van der Waals surface area contributed by atoms with Crippen LogP contribution in [0.5, 0.6) is 5.75 Å². The van der Waals surface area contributed by atoms with Gasteiger partial charge in [0.25, 0.3) is 0 Å². The van der Waals surface area contributed by atoms with Gasteiger partial charge in [-0.15, -0.1) is 0 Å². The summed E-state index contributed by atoms with van der Waals surface area (Å²) < 4.78 is 7.00. The first-order valence-corrected chi connectivity index (χ1v) is 8.05. The van der Waals surface area contributed by atoms with Crippen LogP contribution < -0.4 is 15.4 Å². The summed E-state index contributed by atoms with van der Waals surface area (Å²) in [6.45, 7) is 5.81. The fourth-order valence-electron chi connectivity index (χ4n) is 2.57. The van der Waals surface area contributed by atoms with E-state index in [1.807, 2.05) is 25.3 Å². The lowest BCUT2D eigenvalue weighted by Gasteiger charge is -2.09. The maximum absolute atomic E-state index is 12.1. The van der Waals surface area contributed by atoms with E-state index in [1.54, 1.807) is 43.8 Å². The molecule has 0 aliphatic heterocycles. The monoisotopic (exact) mass is 352 g/mol. The van der Waals surface area contributed by atoms with E-state index in [1.165, 1.54) is 0 Å². The predicted molar refractivity (Wildman–Crippen MR) is 99.0 cm³/mol. The SMILES string of the molecule is COc1cccc(NC(=O)Nc2cnc(-n3c(C)nc(C)c3C)nc2)c1. The number of aromatic nitrogens is 4. The lowest BCUT2D eigenvalue weighted by atomic mass is 10.3. The number of methoxy groups -OCH3 is 1. The van der Waals surface area contributed by atoms with Gasteiger partial charge in [-0.3, -0.25) is 4.57 Å². The molecule has 0 saturated heterocycles. The minimum absolute atomic E-state index is 0.388. The van der Waals surface area contributed by atoms with Gasteiger partial charge in [0.15, 0.2) is 0 Å². The molecule has 2 heterocycles. The number of benzene rings is 1. The van der Waals surface area contributed by atoms with E-state index in [0.717, 1.165) is 17.2 Å². The first-order valence-electron chi connectivity index (χ1n) is 8.05. The molecule has 1 aromatic carbocycles. The quantitative estimate of drug-likeness (QED) is 0.752. The van der Waals surface area contributed by atoms with Gasteiger partial charge in [0.2, 0.25) is 5.95 Å². The molecule has 2 amide bonds. The summed E-state index contributed by atoms with van der Waals surface area (Å²) in [6.07, 6.45) is 3.11. The van der Waals surface area contributed by atoms with Crippen molar-refractivity contribution >= 4 is 17.4 Å². The van der Waals surface area contributed by atoms with Crippen LogP contribution in [0.3, 0.4) is 0 Å². The Morgan fingerprint density at radius 1 is 1.08 bits per heavy atom. The van der Waals surface area contributed by atoms with Gasteiger partial charge in [-0.2, -0.15) is 0 Å². The molecule has 0 aliphatic carbocycles. The van der Waals surface area contributed by atoms with Gasteiger partial charge >= 0.3 is 6.03 Å². The Balaban J connectivity index is 1.70. The van der Waals surface area contributed by atoms with E-state index < -0.39 is 0 Å². The topological polar surface area (TPSA) is 94.0 Å². The summed E-state index contributed by atoms with van der Waals surface area (Å²) in [7, 11) is 1.57. The second-order valence-electron chi connectivity index (χ2n) is 5.75. The Kier molecular flexibility index (Phi) is 4.83. The molecular weight excluding hydrogens is 332 g/mol. The molecule has 0 radical (unpaired) electrons. The number of nitrogens with one attached hydrogen (secondary N) is 2. The molecule has 0 saturated carbocycles. The molecule has 0 atom stereocenters. The van der Waals surface area contributed by atoms with Crippen molar-refractivity contribution in [3.8, 4) is 11.7 Å². The van der Waals surface area contributed by atoms with Crippen LogP contribution in [0, 0.1) is 20.8 Å². The highest BCUT2D eigenvalue weighted by Crippen LogP contribution is 2.17. The van der Waals surface area contributed by atoms with Gasteiger partial charge in [0, 0.05) is 17.4 Å². The number of ether oxygens (including phenoxy) is 1. The van der Waals surface area contributed by atoms with E-state index in [-0.39, 0.29) is 6.03 Å². The lowest BCUT2D eigenvalue weighted by Crippen LogP contribution is -2.20. The van der Waals surface area contributed by atoms with Crippen molar-refractivity contribution in [2.75, 3.05) is 17.7 Å². The highest BCUT2D eigenvalue weighted by molar-refractivity contribution is 5.99. The number of hydrogen-bond acceptors (Lipinski definition) is 5. The zero-order valence-corrected chi connectivity index (χ0v) is 15.1. The molecular formula is C18H20N6O2. The Labute approximate surface area is 151 Å². The molecule has 0 aliphatic rings. The number of amides is 2. The third-order valence-electron chi connectivity index (χ3n) is 3.94. The number of aryl methyl sites for hydroxylation is 2. The summed E-state index contributed by atoms with van der Waals surface area (Å²) in [5.41, 5.74) is 3.03. The van der Waals surface area contributed by atoms with Crippen molar-refractivity contribution in [2.45, 2.75) is 20.8 Å². The first-order chi connectivity index (χ1) is 12.5. The molecule has 26 heavy (non-hydrogen) atoms. The van der Waals surface area contributed by atoms with E-state index >= 15 is 0 Å². The molecule has 2 N–H and O–H groups in total. The van der Waals surface area contributed by atoms with Crippen molar-refractivity contribution < 1.29 is 9.53 Å². The van der Waals surface area contributed by atoms with Crippen LogP contribution in [0.2, 0.25) is 0 Å². The van der Waals surface area contributed by atoms with Crippen LogP contribution in [0.1, 0.15) is 17.2 Å². The summed E-state index contributed by atoms with van der Waals surface area (Å²) in [4.78, 5) is 25.2. The average molecular weight is 352 g/mol. The maximum atomic E-state index is 12.1. The van der Waals surface area contributed by atoms with E-state index in [4.69, 9.17) is 4.74 Å². The van der Waals surface area contributed by atoms with Crippen LogP contribution in [-0.2, 0) is 0 Å². The van der Waals surface area contributed by atoms with Crippen molar-refractivity contribution in [3.63, 3.8) is 0 Å². The normalized spacial score (nSPS) is 10.5. The summed E-state index contributed by atoms with van der Waals surface area (Å²) in [5.74, 6) is 1.99. The molecule has 0 bridgehead atoms. The zero-order chi connectivity index (χ0) is 18.7. The predicted octanol–water partition coefficient (Wildman–Crippen LogP) is 3.24. The Bertz CT molecular complexity index is 933. The number of hydrogen-bond donors (Lipinski definition) is 2. The number of imidazole rings is 1. The van der Waals surface area contributed by atoms with Gasteiger partial charge in [-0.25, -0.2) is 19.7 Å². The minimum Gasteiger partial charge on any atom is -0.497 e. The number of nitrogens with zero attached hydrogens (tertiary/aromatic N) is 4. The third-order valence-corrected chi connectivity index (χ3v) is 3.94. The van der Waals surface area contributed by atoms with Crippen LogP contribution in [-0.4, -0.2) is 32.7 Å². The molecule has 3 aromatic rings. The summed E-state index contributed by atoms with van der Waals surface area (Å²) in [6, 6.07) is 6.71. The molecule has 2 aromatic heterocycles. The molecule has 0 spiro atoms. The third kappa shape index (κ3) is 3.64. The fourth-order valence-corrected chi connectivity index (χ4v) is 2.57. The standard InChI is InChI=1S/C18H20N6O2/c1-11-12(2)24(13(3)21-11)17-19-9-15(10-20-17)23-18(25)22-14-6-5-7-16(8-14)26-4/h5-10H,1-4H3,(H2,22,23,25). The van der Waals surface area contributed by atoms with Crippen molar-refractivity contribution in [3.05, 3.63) is 53.9 Å². The van der Waals surface area contributed by atoms with Gasteiger partial charge in [0.05, 0.1) is 30.9 Å². The van der Waals surface area contributed by atoms with Crippen molar-refractivity contribution in [2.24, 2.45) is 0 Å². The van der Waals surface area contributed by atoms with Gasteiger partial charge < -0.3 is 15.4 Å². The Morgan fingerprint density at radius 2 is 1.77 bits per heavy atom. The largest absolute Gasteiger partial charge is 0.497 e. The fraction of sp³-hybridized carbons (Fsp3) is 0.222. The minimum atomic E-state index is -0.388. The number of anilines is 2. The zero-order valence-electron chi connectivity index (χ0n) is 15.1. The molecule has 8 nitrogen and oxygen atoms in total. The number of rotatable bonds is 4. The Morgan fingerprint density at radius 3 is 2.38 bits per heavy atom. The molecule has 134 valence electrons. The first kappa shape index (κ1) is 17.4. The smallest absolute Gasteiger partial charge is 0.323 e. The second kappa shape index (κ2) is 7.22.